The van der Waals surface area contributed by atoms with E-state index in [4.69, 9.17) is 0 Å². The van der Waals surface area contributed by atoms with E-state index in [1.54, 1.807) is 18.2 Å². The molecule has 1 aliphatic carbocycles. The second-order valence-corrected chi connectivity index (χ2v) is 8.32. The molecule has 1 saturated carbocycles. The highest BCUT2D eigenvalue weighted by Crippen LogP contribution is 2.35. The van der Waals surface area contributed by atoms with Crippen molar-refractivity contribution >= 4 is 21.6 Å². The van der Waals surface area contributed by atoms with Crippen LogP contribution in [0.3, 0.4) is 0 Å². The highest BCUT2D eigenvalue weighted by atomic mass is 32.2. The van der Waals surface area contributed by atoms with E-state index in [0.29, 0.717) is 30.5 Å². The van der Waals surface area contributed by atoms with Crippen LogP contribution in [0.1, 0.15) is 42.1 Å². The first-order valence-electron chi connectivity index (χ1n) is 7.62. The molecule has 2 aliphatic rings. The van der Waals surface area contributed by atoms with Gasteiger partial charge in [0.2, 0.25) is 10.0 Å². The van der Waals surface area contributed by atoms with Crippen molar-refractivity contribution in [3.8, 4) is 6.07 Å². The molecule has 0 unspecified atom stereocenters. The zero-order valence-corrected chi connectivity index (χ0v) is 14.0. The van der Waals surface area contributed by atoms with Gasteiger partial charge in [-0.1, -0.05) is 0 Å². The lowest BCUT2D eigenvalue weighted by atomic mass is 9.78. The molecule has 1 aromatic carbocycles. The molecule has 0 bridgehead atoms. The van der Waals surface area contributed by atoms with Crippen molar-refractivity contribution < 1.29 is 13.2 Å². The van der Waals surface area contributed by atoms with Crippen molar-refractivity contribution in [2.45, 2.75) is 44.2 Å². The minimum atomic E-state index is -3.34. The number of nitrogens with zero attached hydrogens (tertiary/aromatic N) is 2. The monoisotopic (exact) mass is 333 g/mol. The number of sulfonamides is 1. The smallest absolute Gasteiger partial charge is 0.252 e. The molecule has 0 radical (unpaired) electrons. The average Bonchev–Trinajstić information content (AvgIpc) is 2.77. The molecule has 23 heavy (non-hydrogen) atoms. The molecule has 1 atom stereocenters. The molecular weight excluding hydrogens is 314 g/mol. The van der Waals surface area contributed by atoms with Crippen LogP contribution in [0.25, 0.3) is 0 Å². The van der Waals surface area contributed by atoms with E-state index in [-0.39, 0.29) is 11.9 Å². The Labute approximate surface area is 136 Å². The fourth-order valence-electron chi connectivity index (χ4n) is 3.33. The van der Waals surface area contributed by atoms with Crippen LogP contribution in [0.15, 0.2) is 18.2 Å². The van der Waals surface area contributed by atoms with Crippen LogP contribution in [0.2, 0.25) is 0 Å². The van der Waals surface area contributed by atoms with Crippen LogP contribution in [-0.2, 0) is 16.4 Å². The van der Waals surface area contributed by atoms with Gasteiger partial charge in [0.25, 0.3) is 5.91 Å². The van der Waals surface area contributed by atoms with Crippen LogP contribution in [0, 0.1) is 11.3 Å². The molecule has 1 fully saturated rings. The molecule has 0 saturated heterocycles. The summed E-state index contributed by atoms with van der Waals surface area (Å²) in [5.74, 6) is -0.278. The fraction of sp³-hybridized carbons (Fsp3) is 0.500. The van der Waals surface area contributed by atoms with Gasteiger partial charge in [-0.3, -0.25) is 9.10 Å². The molecule has 0 spiro atoms. The number of nitriles is 1. The third kappa shape index (κ3) is 2.68. The minimum Gasteiger partial charge on any atom is -0.334 e. The number of hydrogen-bond donors (Lipinski definition) is 1. The van der Waals surface area contributed by atoms with Gasteiger partial charge in [0, 0.05) is 11.6 Å². The Hall–Kier alpha value is -2.07. The zero-order chi connectivity index (χ0) is 16.8. The third-order valence-electron chi connectivity index (χ3n) is 4.63. The highest BCUT2D eigenvalue weighted by molar-refractivity contribution is 7.92. The van der Waals surface area contributed by atoms with Gasteiger partial charge in [0.05, 0.1) is 18.0 Å². The molecule has 0 aromatic heterocycles. The second-order valence-electron chi connectivity index (χ2n) is 6.46. The Morgan fingerprint density at radius 3 is 2.65 bits per heavy atom. The average molecular weight is 333 g/mol. The zero-order valence-electron chi connectivity index (χ0n) is 13.2. The van der Waals surface area contributed by atoms with E-state index in [0.717, 1.165) is 12.0 Å². The molecule has 7 heteroatoms. The lowest BCUT2D eigenvalue weighted by Crippen LogP contribution is -2.52. The Balaban J connectivity index is 1.87. The van der Waals surface area contributed by atoms with Crippen molar-refractivity contribution in [3.63, 3.8) is 0 Å². The Morgan fingerprint density at radius 1 is 1.43 bits per heavy atom. The number of carbonyl (C=O) groups excluding carboxylic acids is 1. The lowest BCUT2D eigenvalue weighted by molar-refractivity contribution is 0.0881. The summed E-state index contributed by atoms with van der Waals surface area (Å²) in [5.41, 5.74) is 1.21. The summed E-state index contributed by atoms with van der Waals surface area (Å²) in [6.45, 7) is 1.85. The van der Waals surface area contributed by atoms with E-state index in [1.165, 1.54) is 10.6 Å². The van der Waals surface area contributed by atoms with Gasteiger partial charge in [-0.05, 0) is 56.4 Å². The van der Waals surface area contributed by atoms with Gasteiger partial charge in [-0.2, -0.15) is 5.26 Å². The first-order chi connectivity index (χ1) is 10.8. The van der Waals surface area contributed by atoms with Gasteiger partial charge in [-0.15, -0.1) is 0 Å². The van der Waals surface area contributed by atoms with E-state index in [1.807, 2.05) is 6.92 Å². The SMILES string of the molecule is C[C@@H]1Cc2cc(C(=O)NC3(C#N)CCC3)ccc2N1S(C)(=O)=O. The van der Waals surface area contributed by atoms with Crippen LogP contribution >= 0.6 is 0 Å². The lowest BCUT2D eigenvalue weighted by Gasteiger charge is -2.35. The van der Waals surface area contributed by atoms with Crippen molar-refractivity contribution in [1.82, 2.24) is 5.32 Å². The predicted molar refractivity (Wildman–Crippen MR) is 86.6 cm³/mol. The number of amides is 1. The number of rotatable bonds is 3. The molecule has 3 rings (SSSR count). The van der Waals surface area contributed by atoms with Crippen LogP contribution < -0.4 is 9.62 Å². The number of carbonyl (C=O) groups is 1. The maximum absolute atomic E-state index is 12.4. The normalized spacial score (nSPS) is 22.0. The van der Waals surface area contributed by atoms with E-state index < -0.39 is 15.6 Å². The Kier molecular flexibility index (Phi) is 3.60. The summed E-state index contributed by atoms with van der Waals surface area (Å²) in [4.78, 5) is 12.4. The summed E-state index contributed by atoms with van der Waals surface area (Å²) in [7, 11) is -3.34. The molecule has 1 heterocycles. The van der Waals surface area contributed by atoms with Crippen LogP contribution in [0.5, 0.6) is 0 Å². The van der Waals surface area contributed by atoms with Crippen LogP contribution in [0.4, 0.5) is 5.69 Å². The van der Waals surface area contributed by atoms with Crippen molar-refractivity contribution in [2.75, 3.05) is 10.6 Å². The van der Waals surface area contributed by atoms with Crippen molar-refractivity contribution in [3.05, 3.63) is 29.3 Å². The highest BCUT2D eigenvalue weighted by Gasteiger charge is 2.39. The predicted octanol–water partition coefficient (Wildman–Crippen LogP) is 1.57. The van der Waals surface area contributed by atoms with Gasteiger partial charge < -0.3 is 5.32 Å². The van der Waals surface area contributed by atoms with E-state index in [2.05, 4.69) is 11.4 Å². The molecule has 1 aromatic rings. The summed E-state index contributed by atoms with van der Waals surface area (Å²) >= 11 is 0. The minimum absolute atomic E-state index is 0.157. The van der Waals surface area contributed by atoms with Crippen molar-refractivity contribution in [2.24, 2.45) is 0 Å². The Morgan fingerprint density at radius 2 is 2.13 bits per heavy atom. The summed E-state index contributed by atoms with van der Waals surface area (Å²) in [5, 5.41) is 12.0. The molecular formula is C16H19N3O3S. The topological polar surface area (TPSA) is 90.3 Å². The molecule has 1 aliphatic heterocycles. The summed E-state index contributed by atoms with van der Waals surface area (Å²) < 4.78 is 25.2. The first kappa shape index (κ1) is 15.8. The maximum Gasteiger partial charge on any atom is 0.252 e. The largest absolute Gasteiger partial charge is 0.334 e. The van der Waals surface area contributed by atoms with E-state index in [9.17, 15) is 18.5 Å². The number of nitrogens with one attached hydrogen (secondary N) is 1. The second kappa shape index (κ2) is 5.24. The quantitative estimate of drug-likeness (QED) is 0.909. The molecule has 6 nitrogen and oxygen atoms in total. The Bertz CT molecular complexity index is 806. The fourth-order valence-corrected chi connectivity index (χ4v) is 4.60. The summed E-state index contributed by atoms with van der Waals surface area (Å²) in [6.07, 6.45) is 4.07. The standard InChI is InChI=1S/C16H19N3O3S/c1-11-8-13-9-12(4-5-14(13)19(11)23(2,21)22)15(20)18-16(10-17)6-3-7-16/h4-5,9,11H,3,6-8H2,1-2H3,(H,18,20)/t11-/m1/s1. The van der Waals surface area contributed by atoms with Crippen molar-refractivity contribution in [1.29, 1.82) is 5.26 Å². The molecule has 1 amide bonds. The number of hydrogen-bond acceptors (Lipinski definition) is 4. The van der Waals surface area contributed by atoms with Gasteiger partial charge in [0.15, 0.2) is 0 Å². The van der Waals surface area contributed by atoms with E-state index >= 15 is 0 Å². The van der Waals surface area contributed by atoms with Crippen LogP contribution in [-0.4, -0.2) is 32.2 Å². The number of benzene rings is 1. The maximum atomic E-state index is 12.4. The van der Waals surface area contributed by atoms with Gasteiger partial charge in [0.1, 0.15) is 5.54 Å². The van der Waals surface area contributed by atoms with Gasteiger partial charge >= 0.3 is 0 Å². The number of anilines is 1. The molecule has 1 N–H and O–H groups in total. The third-order valence-corrected chi connectivity index (χ3v) is 5.90. The molecule has 122 valence electrons. The van der Waals surface area contributed by atoms with Gasteiger partial charge in [-0.25, -0.2) is 8.42 Å². The summed E-state index contributed by atoms with van der Waals surface area (Å²) in [6, 6.07) is 7.05. The first-order valence-corrected chi connectivity index (χ1v) is 9.47. The number of fused-ring (bicyclic) bond motifs is 1.